The van der Waals surface area contributed by atoms with E-state index in [1.807, 2.05) is 44.2 Å². The van der Waals surface area contributed by atoms with E-state index in [1.165, 1.54) is 0 Å². The minimum absolute atomic E-state index is 0.0209. The number of hydrogen-bond acceptors (Lipinski definition) is 4. The average Bonchev–Trinajstić information content (AvgIpc) is 2.65. The number of carbonyl (C=O) groups excluding carboxylic acids is 1. The summed E-state index contributed by atoms with van der Waals surface area (Å²) in [5.41, 5.74) is 3.33. The maximum Gasteiger partial charge on any atom is 0.255 e. The Hall–Kier alpha value is -3.28. The maximum atomic E-state index is 12.5. The van der Waals surface area contributed by atoms with Gasteiger partial charge in [0.2, 0.25) is 5.91 Å². The van der Waals surface area contributed by atoms with Gasteiger partial charge in [0.1, 0.15) is 5.69 Å². The normalized spacial score (nSPS) is 11.8. The zero-order chi connectivity index (χ0) is 19.4. The molecular formula is C21H22N4O2. The lowest BCUT2D eigenvalue weighted by atomic mass is 10.0. The van der Waals surface area contributed by atoms with Crippen molar-refractivity contribution in [1.29, 1.82) is 0 Å². The van der Waals surface area contributed by atoms with Crippen LogP contribution >= 0.6 is 0 Å². The van der Waals surface area contributed by atoms with Crippen LogP contribution in [0.3, 0.4) is 0 Å². The molecule has 0 fully saturated rings. The molecule has 0 saturated heterocycles. The molecule has 138 valence electrons. The number of nitrogens with zero attached hydrogens (tertiary/aromatic N) is 2. The molecule has 0 aliphatic heterocycles. The fourth-order valence-electron chi connectivity index (χ4n) is 3.05. The van der Waals surface area contributed by atoms with Gasteiger partial charge in [0.25, 0.3) is 5.56 Å². The van der Waals surface area contributed by atoms with Crippen molar-refractivity contribution in [2.75, 3.05) is 0 Å². The predicted octanol–water partition coefficient (Wildman–Crippen LogP) is 2.87. The average molecular weight is 362 g/mol. The minimum Gasteiger partial charge on any atom is -0.349 e. The van der Waals surface area contributed by atoms with Crippen LogP contribution in [-0.4, -0.2) is 20.9 Å². The molecule has 0 spiro atoms. The van der Waals surface area contributed by atoms with E-state index in [9.17, 15) is 9.59 Å². The van der Waals surface area contributed by atoms with Crippen LogP contribution in [-0.2, 0) is 11.2 Å². The summed E-state index contributed by atoms with van der Waals surface area (Å²) in [6, 6.07) is 13.2. The second-order valence-electron chi connectivity index (χ2n) is 6.52. The SMILES string of the molecule is Cc1ccccc1C(C)NC(=O)Cc1c(C)nc(-c2ccccn2)[nH]c1=O. The maximum absolute atomic E-state index is 12.5. The first-order chi connectivity index (χ1) is 13.0. The van der Waals surface area contributed by atoms with Crippen LogP contribution in [0.1, 0.15) is 35.3 Å². The Bertz CT molecular complexity index is 1010. The van der Waals surface area contributed by atoms with E-state index in [0.29, 0.717) is 22.8 Å². The van der Waals surface area contributed by atoms with Crippen molar-refractivity contribution in [2.24, 2.45) is 0 Å². The number of pyridine rings is 1. The molecule has 27 heavy (non-hydrogen) atoms. The number of carbonyl (C=O) groups is 1. The van der Waals surface area contributed by atoms with Gasteiger partial charge in [-0.05, 0) is 44.0 Å². The fraction of sp³-hybridized carbons (Fsp3) is 0.238. The van der Waals surface area contributed by atoms with Gasteiger partial charge in [-0.1, -0.05) is 30.3 Å². The van der Waals surface area contributed by atoms with E-state index in [0.717, 1.165) is 11.1 Å². The zero-order valence-electron chi connectivity index (χ0n) is 15.6. The third-order valence-corrected chi connectivity index (χ3v) is 4.50. The molecule has 2 heterocycles. The number of rotatable bonds is 5. The summed E-state index contributed by atoms with van der Waals surface area (Å²) in [6.45, 7) is 5.67. The number of aromatic nitrogens is 3. The van der Waals surface area contributed by atoms with Crippen LogP contribution in [0.5, 0.6) is 0 Å². The number of H-pyrrole nitrogens is 1. The first kappa shape index (κ1) is 18.5. The van der Waals surface area contributed by atoms with Crippen LogP contribution in [0.2, 0.25) is 0 Å². The minimum atomic E-state index is -0.318. The van der Waals surface area contributed by atoms with Crippen molar-refractivity contribution in [3.8, 4) is 11.5 Å². The molecule has 2 aromatic heterocycles. The summed E-state index contributed by atoms with van der Waals surface area (Å²) >= 11 is 0. The summed E-state index contributed by atoms with van der Waals surface area (Å²) in [5, 5.41) is 2.95. The molecular weight excluding hydrogens is 340 g/mol. The number of amides is 1. The highest BCUT2D eigenvalue weighted by Crippen LogP contribution is 2.17. The molecule has 2 N–H and O–H groups in total. The third kappa shape index (κ3) is 4.28. The smallest absolute Gasteiger partial charge is 0.255 e. The van der Waals surface area contributed by atoms with Gasteiger partial charge in [-0.15, -0.1) is 0 Å². The van der Waals surface area contributed by atoms with Gasteiger partial charge >= 0.3 is 0 Å². The second kappa shape index (κ2) is 7.95. The molecule has 0 aliphatic carbocycles. The van der Waals surface area contributed by atoms with Crippen LogP contribution in [0, 0.1) is 13.8 Å². The Morgan fingerprint density at radius 1 is 1.15 bits per heavy atom. The Labute approximate surface area is 157 Å². The second-order valence-corrected chi connectivity index (χ2v) is 6.52. The van der Waals surface area contributed by atoms with Gasteiger partial charge in [0, 0.05) is 17.5 Å². The fourth-order valence-corrected chi connectivity index (χ4v) is 3.05. The van der Waals surface area contributed by atoms with Gasteiger partial charge in [-0.25, -0.2) is 4.98 Å². The molecule has 6 nitrogen and oxygen atoms in total. The lowest BCUT2D eigenvalue weighted by Crippen LogP contribution is -2.31. The Balaban J connectivity index is 1.76. The summed E-state index contributed by atoms with van der Waals surface area (Å²) in [5.74, 6) is 0.183. The monoisotopic (exact) mass is 362 g/mol. The number of benzene rings is 1. The van der Waals surface area contributed by atoms with Crippen molar-refractivity contribution in [3.05, 3.63) is 81.4 Å². The Morgan fingerprint density at radius 3 is 2.56 bits per heavy atom. The van der Waals surface area contributed by atoms with Gasteiger partial charge in [0.05, 0.1) is 12.5 Å². The molecule has 0 saturated carbocycles. The van der Waals surface area contributed by atoms with E-state index in [2.05, 4.69) is 20.3 Å². The molecule has 1 amide bonds. The van der Waals surface area contributed by atoms with E-state index >= 15 is 0 Å². The van der Waals surface area contributed by atoms with Crippen molar-refractivity contribution in [3.63, 3.8) is 0 Å². The van der Waals surface area contributed by atoms with E-state index in [1.54, 1.807) is 25.3 Å². The van der Waals surface area contributed by atoms with E-state index < -0.39 is 0 Å². The molecule has 3 rings (SSSR count). The number of hydrogen-bond donors (Lipinski definition) is 2. The highest BCUT2D eigenvalue weighted by molar-refractivity contribution is 5.79. The van der Waals surface area contributed by atoms with E-state index in [4.69, 9.17) is 0 Å². The summed E-state index contributed by atoms with van der Waals surface area (Å²) in [4.78, 5) is 36.3. The molecule has 1 atom stereocenters. The number of aryl methyl sites for hydroxylation is 2. The lowest BCUT2D eigenvalue weighted by molar-refractivity contribution is -0.121. The Morgan fingerprint density at radius 2 is 1.89 bits per heavy atom. The molecule has 0 radical (unpaired) electrons. The summed E-state index contributed by atoms with van der Waals surface area (Å²) in [6.07, 6.45) is 1.62. The first-order valence-corrected chi connectivity index (χ1v) is 8.82. The standard InChI is InChI=1S/C21H22N4O2/c1-13-8-4-5-9-16(13)14(2)23-19(26)12-17-15(3)24-20(25-21(17)27)18-10-6-7-11-22-18/h4-11,14H,12H2,1-3H3,(H,23,26)(H,24,25,27). The molecule has 1 unspecified atom stereocenters. The number of nitrogens with one attached hydrogen (secondary N) is 2. The van der Waals surface area contributed by atoms with Crippen molar-refractivity contribution in [1.82, 2.24) is 20.3 Å². The molecule has 1 aromatic carbocycles. The van der Waals surface area contributed by atoms with Gasteiger partial charge in [-0.2, -0.15) is 0 Å². The summed E-state index contributed by atoms with van der Waals surface area (Å²) < 4.78 is 0. The highest BCUT2D eigenvalue weighted by Gasteiger charge is 2.16. The first-order valence-electron chi connectivity index (χ1n) is 8.82. The highest BCUT2D eigenvalue weighted by atomic mass is 16.2. The molecule has 6 heteroatoms. The van der Waals surface area contributed by atoms with Crippen LogP contribution < -0.4 is 10.9 Å². The van der Waals surface area contributed by atoms with Crippen LogP contribution in [0.4, 0.5) is 0 Å². The summed E-state index contributed by atoms with van der Waals surface area (Å²) in [7, 11) is 0. The zero-order valence-corrected chi connectivity index (χ0v) is 15.6. The quantitative estimate of drug-likeness (QED) is 0.730. The van der Waals surface area contributed by atoms with Gasteiger partial charge < -0.3 is 10.3 Å². The Kier molecular flexibility index (Phi) is 5.45. The largest absolute Gasteiger partial charge is 0.349 e. The van der Waals surface area contributed by atoms with E-state index in [-0.39, 0.29) is 23.9 Å². The topological polar surface area (TPSA) is 87.7 Å². The lowest BCUT2D eigenvalue weighted by Gasteiger charge is -2.16. The molecule has 0 bridgehead atoms. The third-order valence-electron chi connectivity index (χ3n) is 4.50. The predicted molar refractivity (Wildman–Crippen MR) is 104 cm³/mol. The van der Waals surface area contributed by atoms with Crippen molar-refractivity contribution in [2.45, 2.75) is 33.2 Å². The van der Waals surface area contributed by atoms with Crippen molar-refractivity contribution >= 4 is 5.91 Å². The number of aromatic amines is 1. The molecule has 0 aliphatic rings. The van der Waals surface area contributed by atoms with Gasteiger partial charge in [0.15, 0.2) is 5.82 Å². The van der Waals surface area contributed by atoms with Crippen LogP contribution in [0.15, 0.2) is 53.5 Å². The van der Waals surface area contributed by atoms with Gasteiger partial charge in [-0.3, -0.25) is 14.6 Å². The van der Waals surface area contributed by atoms with Crippen LogP contribution in [0.25, 0.3) is 11.5 Å². The molecule has 3 aromatic rings. The van der Waals surface area contributed by atoms with Crippen molar-refractivity contribution < 1.29 is 4.79 Å².